The number of aryl methyl sites for hydroxylation is 1. The van der Waals surface area contributed by atoms with E-state index in [4.69, 9.17) is 0 Å². The number of hydrogen-bond donors (Lipinski definition) is 1. The van der Waals surface area contributed by atoms with Crippen LogP contribution in [0.4, 0.5) is 5.13 Å². The van der Waals surface area contributed by atoms with E-state index in [1.54, 1.807) is 10.9 Å². The Morgan fingerprint density at radius 2 is 2.20 bits per heavy atom. The maximum absolute atomic E-state index is 12.0. The Morgan fingerprint density at radius 3 is 3.00 bits per heavy atom. The van der Waals surface area contributed by atoms with Crippen molar-refractivity contribution in [2.24, 2.45) is 0 Å². The van der Waals surface area contributed by atoms with Crippen LogP contribution in [0, 0.1) is 0 Å². The highest BCUT2D eigenvalue weighted by atomic mass is 32.1. The molecular weight excluding hydrogens is 274 g/mol. The number of fused-ring (bicyclic) bond motifs is 1. The van der Waals surface area contributed by atoms with Gasteiger partial charge in [-0.3, -0.25) is 14.8 Å². The highest BCUT2D eigenvalue weighted by molar-refractivity contribution is 7.15. The Labute approximate surface area is 119 Å². The van der Waals surface area contributed by atoms with Gasteiger partial charge in [-0.1, -0.05) is 36.5 Å². The second kappa shape index (κ2) is 5.38. The highest BCUT2D eigenvalue weighted by Gasteiger charge is 2.10. The van der Waals surface area contributed by atoms with Crippen LogP contribution in [0.15, 0.2) is 30.5 Å². The molecular formula is C13H13N5OS. The number of benzene rings is 1. The predicted octanol–water partition coefficient (Wildman–Crippen LogP) is 2.09. The van der Waals surface area contributed by atoms with E-state index < -0.39 is 0 Å². The average Bonchev–Trinajstić information content (AvgIpc) is 3.06. The Bertz CT molecular complexity index is 748. The van der Waals surface area contributed by atoms with Crippen molar-refractivity contribution in [3.63, 3.8) is 0 Å². The van der Waals surface area contributed by atoms with Crippen molar-refractivity contribution in [1.29, 1.82) is 0 Å². The summed E-state index contributed by atoms with van der Waals surface area (Å²) in [6, 6.07) is 7.78. The standard InChI is InChI=1S/C13H13N5OS/c1-2-12-16-17-13(20-12)15-11(19)8-18-10-6-4-3-5-9(10)7-14-18/h3-7H,2,8H2,1H3,(H,15,17,19). The molecule has 0 atom stereocenters. The molecule has 0 fully saturated rings. The lowest BCUT2D eigenvalue weighted by molar-refractivity contribution is -0.116. The largest absolute Gasteiger partial charge is 0.299 e. The molecule has 0 aliphatic rings. The maximum atomic E-state index is 12.0. The van der Waals surface area contributed by atoms with Crippen LogP contribution in [0.25, 0.3) is 10.9 Å². The summed E-state index contributed by atoms with van der Waals surface area (Å²) in [6.07, 6.45) is 2.57. The molecule has 0 spiro atoms. The number of nitrogens with one attached hydrogen (secondary N) is 1. The van der Waals surface area contributed by atoms with E-state index in [0.717, 1.165) is 22.3 Å². The van der Waals surface area contributed by atoms with Gasteiger partial charge in [0, 0.05) is 5.39 Å². The Balaban J connectivity index is 1.72. The van der Waals surface area contributed by atoms with Crippen molar-refractivity contribution in [2.45, 2.75) is 19.9 Å². The molecule has 0 unspecified atom stereocenters. The summed E-state index contributed by atoms with van der Waals surface area (Å²) in [4.78, 5) is 12.0. The smallest absolute Gasteiger partial charge is 0.247 e. The van der Waals surface area contributed by atoms with Crippen LogP contribution in [-0.2, 0) is 17.8 Å². The minimum Gasteiger partial charge on any atom is -0.299 e. The second-order valence-electron chi connectivity index (χ2n) is 4.26. The van der Waals surface area contributed by atoms with Gasteiger partial charge in [0.05, 0.1) is 11.7 Å². The number of para-hydroxylation sites is 1. The molecule has 2 aromatic heterocycles. The molecule has 3 aromatic rings. The molecule has 20 heavy (non-hydrogen) atoms. The Morgan fingerprint density at radius 1 is 1.35 bits per heavy atom. The topological polar surface area (TPSA) is 72.7 Å². The van der Waals surface area contributed by atoms with Gasteiger partial charge in [0.15, 0.2) is 0 Å². The number of hydrogen-bond acceptors (Lipinski definition) is 5. The zero-order valence-electron chi connectivity index (χ0n) is 10.9. The molecule has 3 rings (SSSR count). The van der Waals surface area contributed by atoms with Crippen molar-refractivity contribution in [3.8, 4) is 0 Å². The van der Waals surface area contributed by atoms with Crippen LogP contribution in [0.2, 0.25) is 0 Å². The van der Waals surface area contributed by atoms with Gasteiger partial charge in [-0.05, 0) is 12.5 Å². The number of nitrogens with zero attached hydrogens (tertiary/aromatic N) is 4. The summed E-state index contributed by atoms with van der Waals surface area (Å²) in [6.45, 7) is 2.16. The van der Waals surface area contributed by atoms with Crippen LogP contribution >= 0.6 is 11.3 Å². The summed E-state index contributed by atoms with van der Waals surface area (Å²) >= 11 is 1.39. The van der Waals surface area contributed by atoms with Crippen LogP contribution in [0.1, 0.15) is 11.9 Å². The van der Waals surface area contributed by atoms with Gasteiger partial charge >= 0.3 is 0 Å². The maximum Gasteiger partial charge on any atom is 0.247 e. The van der Waals surface area contributed by atoms with Crippen molar-refractivity contribution >= 4 is 33.3 Å². The molecule has 1 amide bonds. The summed E-state index contributed by atoms with van der Waals surface area (Å²) in [5.74, 6) is -0.155. The SMILES string of the molecule is CCc1nnc(NC(=O)Cn2ncc3ccccc32)s1. The molecule has 0 radical (unpaired) electrons. The third-order valence-electron chi connectivity index (χ3n) is 2.86. The van der Waals surface area contributed by atoms with Crippen molar-refractivity contribution in [2.75, 3.05) is 5.32 Å². The average molecular weight is 287 g/mol. The van der Waals surface area contributed by atoms with Gasteiger partial charge < -0.3 is 0 Å². The quantitative estimate of drug-likeness (QED) is 0.797. The number of rotatable bonds is 4. The monoisotopic (exact) mass is 287 g/mol. The zero-order valence-corrected chi connectivity index (χ0v) is 11.7. The summed E-state index contributed by atoms with van der Waals surface area (Å²) in [5, 5.41) is 17.3. The van der Waals surface area contributed by atoms with Gasteiger partial charge in [-0.25, -0.2) is 0 Å². The fourth-order valence-electron chi connectivity index (χ4n) is 1.89. The Hall–Kier alpha value is -2.28. The molecule has 0 bridgehead atoms. The van der Waals surface area contributed by atoms with E-state index in [2.05, 4.69) is 20.6 Å². The summed E-state index contributed by atoms with van der Waals surface area (Å²) < 4.78 is 1.67. The lowest BCUT2D eigenvalue weighted by Gasteiger charge is -2.03. The molecule has 7 heteroatoms. The molecule has 0 saturated carbocycles. The molecule has 2 heterocycles. The zero-order chi connectivity index (χ0) is 13.9. The van der Waals surface area contributed by atoms with E-state index in [1.807, 2.05) is 31.2 Å². The highest BCUT2D eigenvalue weighted by Crippen LogP contribution is 2.16. The molecule has 1 aromatic carbocycles. The van der Waals surface area contributed by atoms with Gasteiger partial charge in [0.1, 0.15) is 11.6 Å². The fraction of sp³-hybridized carbons (Fsp3) is 0.231. The third kappa shape index (κ3) is 2.53. The van der Waals surface area contributed by atoms with E-state index in [1.165, 1.54) is 11.3 Å². The van der Waals surface area contributed by atoms with E-state index in [9.17, 15) is 4.79 Å². The number of anilines is 1. The summed E-state index contributed by atoms with van der Waals surface area (Å²) in [5.41, 5.74) is 0.939. The van der Waals surface area contributed by atoms with E-state index >= 15 is 0 Å². The number of amides is 1. The second-order valence-corrected chi connectivity index (χ2v) is 5.33. The van der Waals surface area contributed by atoms with Crippen molar-refractivity contribution in [1.82, 2.24) is 20.0 Å². The third-order valence-corrected chi connectivity index (χ3v) is 3.84. The van der Waals surface area contributed by atoms with Crippen LogP contribution in [-0.4, -0.2) is 25.9 Å². The molecule has 1 N–H and O–H groups in total. The lowest BCUT2D eigenvalue weighted by Crippen LogP contribution is -2.19. The van der Waals surface area contributed by atoms with Gasteiger partial charge in [0.25, 0.3) is 0 Å². The van der Waals surface area contributed by atoms with E-state index in [0.29, 0.717) is 5.13 Å². The molecule has 0 aliphatic heterocycles. The first-order valence-corrected chi connectivity index (χ1v) is 7.10. The number of carbonyl (C=O) groups is 1. The Kier molecular flexibility index (Phi) is 3.42. The van der Waals surface area contributed by atoms with Crippen LogP contribution in [0.5, 0.6) is 0 Å². The van der Waals surface area contributed by atoms with E-state index in [-0.39, 0.29) is 12.5 Å². The fourth-order valence-corrected chi connectivity index (χ4v) is 2.59. The van der Waals surface area contributed by atoms with Crippen molar-refractivity contribution in [3.05, 3.63) is 35.5 Å². The molecule has 0 saturated heterocycles. The van der Waals surface area contributed by atoms with Crippen molar-refractivity contribution < 1.29 is 4.79 Å². The molecule has 0 aliphatic carbocycles. The molecule has 6 nitrogen and oxygen atoms in total. The first kappa shape index (κ1) is 12.7. The van der Waals surface area contributed by atoms with Gasteiger partial charge in [-0.15, -0.1) is 10.2 Å². The number of carbonyl (C=O) groups excluding carboxylic acids is 1. The van der Waals surface area contributed by atoms with Gasteiger partial charge in [-0.2, -0.15) is 5.10 Å². The minimum atomic E-state index is -0.155. The first-order valence-electron chi connectivity index (χ1n) is 6.29. The lowest BCUT2D eigenvalue weighted by atomic mass is 10.2. The van der Waals surface area contributed by atoms with Gasteiger partial charge in [0.2, 0.25) is 11.0 Å². The number of aromatic nitrogens is 4. The predicted molar refractivity (Wildman–Crippen MR) is 77.6 cm³/mol. The minimum absolute atomic E-state index is 0.155. The van der Waals surface area contributed by atoms with Crippen LogP contribution < -0.4 is 5.32 Å². The van der Waals surface area contributed by atoms with Crippen LogP contribution in [0.3, 0.4) is 0 Å². The summed E-state index contributed by atoms with van der Waals surface area (Å²) in [7, 11) is 0. The molecule has 102 valence electrons. The normalized spacial score (nSPS) is 10.8. The first-order chi connectivity index (χ1) is 9.76.